The van der Waals surface area contributed by atoms with E-state index in [0.717, 1.165) is 32.0 Å². The van der Waals surface area contributed by atoms with Gasteiger partial charge in [0.15, 0.2) is 23.2 Å². The van der Waals surface area contributed by atoms with Gasteiger partial charge >= 0.3 is 12.1 Å². The third kappa shape index (κ3) is 9.07. The molecule has 1 aliphatic rings. The smallest absolute Gasteiger partial charge is 0.413 e. The number of amides is 1. The molecule has 0 spiro atoms. The van der Waals surface area contributed by atoms with E-state index in [0.29, 0.717) is 28.9 Å². The predicted molar refractivity (Wildman–Crippen MR) is 218 cm³/mol. The molecule has 1 amide bonds. The number of aromatic nitrogens is 4. The number of benzene rings is 3. The number of anilines is 1. The van der Waals surface area contributed by atoms with Crippen molar-refractivity contribution in [2.45, 2.75) is 101 Å². The van der Waals surface area contributed by atoms with Crippen LogP contribution in [0.15, 0.2) is 97.6 Å². The minimum atomic E-state index is -3.08. The molecular formula is C45H50FN5O8. The van der Waals surface area contributed by atoms with Crippen molar-refractivity contribution in [3.05, 3.63) is 114 Å². The zero-order valence-electron chi connectivity index (χ0n) is 33.9. The minimum Gasteiger partial charge on any atom is -0.497 e. The molecule has 3 heterocycles. The number of rotatable bonds is 16. The Balaban J connectivity index is 1.44. The summed E-state index contributed by atoms with van der Waals surface area (Å²) >= 11 is 0. The van der Waals surface area contributed by atoms with E-state index in [1.807, 2.05) is 72.8 Å². The van der Waals surface area contributed by atoms with Crippen LogP contribution < -0.4 is 10.1 Å². The van der Waals surface area contributed by atoms with Crippen molar-refractivity contribution in [1.29, 1.82) is 0 Å². The highest BCUT2D eigenvalue weighted by molar-refractivity contribution is 5.93. The SMILES string of the molecule is C#CC1(O)C(n2cnc3c(NC(=O)OC(C)(C)C)ncnc32)OC(F)(COC(c2ccccc2)(c2ccccc2)c2ccc(OC)cc2)C1OC(=O)CCCCCCC. The highest BCUT2D eigenvalue weighted by atomic mass is 19.2. The molecule has 0 radical (unpaired) electrons. The number of fused-ring (bicyclic) bond motifs is 1. The molecule has 2 aromatic heterocycles. The molecule has 0 bridgehead atoms. The summed E-state index contributed by atoms with van der Waals surface area (Å²) < 4.78 is 49.2. The van der Waals surface area contributed by atoms with Crippen LogP contribution >= 0.6 is 0 Å². The average Bonchev–Trinajstić information content (AvgIpc) is 3.75. The molecule has 5 aromatic rings. The number of unbranched alkanes of at least 4 members (excludes halogenated alkanes) is 4. The third-order valence-corrected chi connectivity index (χ3v) is 10.0. The van der Waals surface area contributed by atoms with Crippen LogP contribution in [0.25, 0.3) is 11.2 Å². The van der Waals surface area contributed by atoms with Crippen molar-refractivity contribution in [2.75, 3.05) is 19.0 Å². The van der Waals surface area contributed by atoms with Crippen molar-refractivity contribution < 1.29 is 42.8 Å². The number of nitrogens with one attached hydrogen (secondary N) is 1. The fourth-order valence-corrected chi connectivity index (χ4v) is 7.21. The molecule has 1 saturated heterocycles. The van der Waals surface area contributed by atoms with E-state index in [4.69, 9.17) is 30.1 Å². The molecule has 0 saturated carbocycles. The zero-order chi connectivity index (χ0) is 42.3. The van der Waals surface area contributed by atoms with E-state index in [9.17, 15) is 14.7 Å². The number of terminal acetylenes is 1. The Kier molecular flexibility index (Phi) is 13.0. The summed E-state index contributed by atoms with van der Waals surface area (Å²) in [5.41, 5.74) is -2.96. The molecule has 2 N–H and O–H groups in total. The molecule has 4 atom stereocenters. The van der Waals surface area contributed by atoms with E-state index in [-0.39, 0.29) is 23.4 Å². The number of methoxy groups -OCH3 is 1. The number of carbonyl (C=O) groups is 2. The lowest BCUT2D eigenvalue weighted by Gasteiger charge is -2.38. The molecule has 6 rings (SSSR count). The second kappa shape index (κ2) is 17.9. The highest BCUT2D eigenvalue weighted by Crippen LogP contribution is 2.50. The molecule has 13 nitrogen and oxygen atoms in total. The van der Waals surface area contributed by atoms with E-state index >= 15 is 4.39 Å². The first-order valence-electron chi connectivity index (χ1n) is 19.6. The molecule has 3 aromatic carbocycles. The number of imidazole rings is 1. The van der Waals surface area contributed by atoms with Crippen LogP contribution in [-0.4, -0.2) is 73.6 Å². The van der Waals surface area contributed by atoms with Gasteiger partial charge in [-0.2, -0.15) is 0 Å². The second-order valence-electron chi connectivity index (χ2n) is 15.4. The third-order valence-electron chi connectivity index (χ3n) is 10.0. The van der Waals surface area contributed by atoms with Crippen molar-refractivity contribution in [3.8, 4) is 18.1 Å². The Bertz CT molecular complexity index is 2200. The normalized spacial score (nSPS) is 20.5. The summed E-state index contributed by atoms with van der Waals surface area (Å²) in [5.74, 6) is -1.01. The molecule has 59 heavy (non-hydrogen) atoms. The summed E-state index contributed by atoms with van der Waals surface area (Å²) in [4.78, 5) is 39.0. The summed E-state index contributed by atoms with van der Waals surface area (Å²) in [6.45, 7) is 6.31. The van der Waals surface area contributed by atoms with Crippen molar-refractivity contribution in [3.63, 3.8) is 0 Å². The lowest BCUT2D eigenvalue weighted by Crippen LogP contribution is -2.53. The fraction of sp³-hybridized carbons (Fsp3) is 0.400. The molecule has 1 fully saturated rings. The maximum absolute atomic E-state index is 18.3. The number of alkyl halides is 1. The first-order chi connectivity index (χ1) is 28.3. The monoisotopic (exact) mass is 807 g/mol. The maximum atomic E-state index is 18.3. The lowest BCUT2D eigenvalue weighted by molar-refractivity contribution is -0.235. The van der Waals surface area contributed by atoms with Crippen LogP contribution in [-0.2, 0) is 29.3 Å². The first-order valence-corrected chi connectivity index (χ1v) is 19.6. The summed E-state index contributed by atoms with van der Waals surface area (Å²) in [6, 6.07) is 25.7. The van der Waals surface area contributed by atoms with Gasteiger partial charge < -0.3 is 28.8 Å². The standard InChI is InChI=1S/C45H50FN5O8/c1-7-9-10-11-18-23-35(52)57-39-43(54,8-2)40(51-30-49-36-37(47-29-48-38(36)51)50-41(53)59-42(3,4)5)58-44(39,46)28-56-45(31-19-14-12-15-20-31,32-21-16-13-17-22-32)33-24-26-34(55-6)27-25-33/h2,12-17,19-22,24-27,29-30,39-40,54H,7,9-11,18,23,28H2,1,3-6H3,(H,47,48,50,53). The minimum absolute atomic E-state index is 0.0112. The Morgan fingerprint density at radius 1 is 0.932 bits per heavy atom. The molecule has 310 valence electrons. The van der Waals surface area contributed by atoms with Crippen LogP contribution in [0.5, 0.6) is 5.75 Å². The van der Waals surface area contributed by atoms with Gasteiger partial charge in [-0.05, 0) is 56.0 Å². The van der Waals surface area contributed by atoms with Crippen LogP contribution in [0.4, 0.5) is 15.0 Å². The average molecular weight is 808 g/mol. The molecule has 0 aliphatic carbocycles. The Labute approximate surface area is 343 Å². The van der Waals surface area contributed by atoms with E-state index < -0.39 is 53.7 Å². The molecule has 4 unspecified atom stereocenters. The van der Waals surface area contributed by atoms with Crippen LogP contribution in [0.2, 0.25) is 0 Å². The van der Waals surface area contributed by atoms with Crippen LogP contribution in [0, 0.1) is 12.3 Å². The number of aliphatic hydroxyl groups is 1. The summed E-state index contributed by atoms with van der Waals surface area (Å²) in [5, 5.41) is 15.0. The zero-order valence-corrected chi connectivity index (χ0v) is 33.9. The molecule has 1 aliphatic heterocycles. The van der Waals surface area contributed by atoms with Crippen LogP contribution in [0.3, 0.4) is 0 Å². The lowest BCUT2D eigenvalue weighted by atomic mass is 9.80. The highest BCUT2D eigenvalue weighted by Gasteiger charge is 2.68. The Morgan fingerprint density at radius 3 is 2.15 bits per heavy atom. The Morgan fingerprint density at radius 2 is 1.56 bits per heavy atom. The van der Waals surface area contributed by atoms with Gasteiger partial charge in [0.05, 0.1) is 13.4 Å². The van der Waals surface area contributed by atoms with Gasteiger partial charge in [-0.1, -0.05) is 111 Å². The number of esters is 1. The topological polar surface area (TPSA) is 156 Å². The predicted octanol–water partition coefficient (Wildman–Crippen LogP) is 8.02. The largest absolute Gasteiger partial charge is 0.497 e. The number of nitrogens with zero attached hydrogens (tertiary/aromatic N) is 4. The number of halogens is 1. The summed E-state index contributed by atoms with van der Waals surface area (Å²) in [7, 11) is 1.56. The quantitative estimate of drug-likeness (QED) is 0.0431. The van der Waals surface area contributed by atoms with Gasteiger partial charge in [-0.15, -0.1) is 6.42 Å². The van der Waals surface area contributed by atoms with Gasteiger partial charge in [-0.3, -0.25) is 14.7 Å². The van der Waals surface area contributed by atoms with Gasteiger partial charge in [0.2, 0.25) is 11.7 Å². The number of ether oxygens (including phenoxy) is 5. The molecular weight excluding hydrogens is 758 g/mol. The van der Waals surface area contributed by atoms with Crippen molar-refractivity contribution in [1.82, 2.24) is 19.5 Å². The van der Waals surface area contributed by atoms with E-state index in [1.54, 1.807) is 40.0 Å². The van der Waals surface area contributed by atoms with Crippen molar-refractivity contribution >= 4 is 29.0 Å². The van der Waals surface area contributed by atoms with Gasteiger partial charge in [0.1, 0.15) is 29.9 Å². The van der Waals surface area contributed by atoms with E-state index in [2.05, 4.69) is 33.1 Å². The van der Waals surface area contributed by atoms with Gasteiger partial charge in [0, 0.05) is 6.42 Å². The number of carbonyl (C=O) groups excluding carboxylic acids is 2. The summed E-state index contributed by atoms with van der Waals surface area (Å²) in [6.07, 6.45) is 7.86. The molecule has 14 heteroatoms. The maximum Gasteiger partial charge on any atom is 0.413 e. The fourth-order valence-electron chi connectivity index (χ4n) is 7.21. The second-order valence-corrected chi connectivity index (χ2v) is 15.4. The van der Waals surface area contributed by atoms with Crippen molar-refractivity contribution in [2.24, 2.45) is 0 Å². The van der Waals surface area contributed by atoms with Crippen LogP contribution in [0.1, 0.15) is 89.1 Å². The van der Waals surface area contributed by atoms with Gasteiger partial charge in [-0.25, -0.2) is 24.1 Å². The Hall–Kier alpha value is -5.88. The first kappa shape index (κ1) is 42.7. The number of hydrogen-bond acceptors (Lipinski definition) is 11. The number of hydrogen-bond donors (Lipinski definition) is 2. The van der Waals surface area contributed by atoms with Gasteiger partial charge in [0.25, 0.3) is 5.85 Å². The van der Waals surface area contributed by atoms with E-state index in [1.165, 1.54) is 10.9 Å².